The van der Waals surface area contributed by atoms with Crippen LogP contribution in [0.4, 0.5) is 5.69 Å². The first-order chi connectivity index (χ1) is 11.7. The Balaban J connectivity index is 1.89. The first-order valence-electron chi connectivity index (χ1n) is 7.87. The lowest BCUT2D eigenvalue weighted by molar-refractivity contribution is -0.137. The third kappa shape index (κ3) is 3.01. The standard InChI is InChI=1S/C18H18N4O2/c1-2-24-18(23)12(8-19)10-21-14-3-6-17-16(7-14)13(9-20)11-22(17)15-4-5-15/h3,6-8,10-11,15,19,21H,2,4-5H2,1H3/b12-10+,19-8?. The molecule has 2 aromatic rings. The fourth-order valence-corrected chi connectivity index (χ4v) is 2.62. The van der Waals surface area contributed by atoms with Gasteiger partial charge in [-0.1, -0.05) is 0 Å². The summed E-state index contributed by atoms with van der Waals surface area (Å²) in [4.78, 5) is 11.7. The molecule has 1 aromatic carbocycles. The van der Waals surface area contributed by atoms with Crippen molar-refractivity contribution in [1.82, 2.24) is 4.57 Å². The molecular formula is C18H18N4O2. The van der Waals surface area contributed by atoms with Gasteiger partial charge in [0.25, 0.3) is 0 Å². The van der Waals surface area contributed by atoms with Gasteiger partial charge in [0, 0.05) is 41.2 Å². The van der Waals surface area contributed by atoms with E-state index in [1.165, 1.54) is 6.20 Å². The van der Waals surface area contributed by atoms with Crippen LogP contribution < -0.4 is 5.32 Å². The number of fused-ring (bicyclic) bond motifs is 1. The molecule has 24 heavy (non-hydrogen) atoms. The Kier molecular flexibility index (Phi) is 4.34. The van der Waals surface area contributed by atoms with Crippen LogP contribution in [0, 0.1) is 16.7 Å². The minimum Gasteiger partial charge on any atom is -0.462 e. The van der Waals surface area contributed by atoms with Gasteiger partial charge in [0.1, 0.15) is 6.07 Å². The van der Waals surface area contributed by atoms with Gasteiger partial charge in [-0.2, -0.15) is 5.26 Å². The molecule has 6 nitrogen and oxygen atoms in total. The van der Waals surface area contributed by atoms with Crippen molar-refractivity contribution in [3.63, 3.8) is 0 Å². The summed E-state index contributed by atoms with van der Waals surface area (Å²) >= 11 is 0. The Morgan fingerprint density at radius 3 is 2.96 bits per heavy atom. The summed E-state index contributed by atoms with van der Waals surface area (Å²) in [7, 11) is 0. The number of ether oxygens (including phenoxy) is 1. The van der Waals surface area contributed by atoms with Crippen LogP contribution in [-0.2, 0) is 9.53 Å². The molecule has 0 amide bonds. The molecule has 3 rings (SSSR count). The van der Waals surface area contributed by atoms with Gasteiger partial charge >= 0.3 is 5.97 Å². The number of nitrogens with one attached hydrogen (secondary N) is 2. The summed E-state index contributed by atoms with van der Waals surface area (Å²) in [6.07, 6.45) is 6.60. The van der Waals surface area contributed by atoms with E-state index in [-0.39, 0.29) is 12.2 Å². The lowest BCUT2D eigenvalue weighted by Crippen LogP contribution is -2.10. The molecule has 1 aromatic heterocycles. The Hall–Kier alpha value is -3.07. The third-order valence-corrected chi connectivity index (χ3v) is 3.95. The van der Waals surface area contributed by atoms with Crippen molar-refractivity contribution in [3.05, 3.63) is 41.7 Å². The predicted molar refractivity (Wildman–Crippen MR) is 92.0 cm³/mol. The molecule has 1 heterocycles. The van der Waals surface area contributed by atoms with E-state index in [0.717, 1.165) is 35.6 Å². The predicted octanol–water partition coefficient (Wildman–Crippen LogP) is 3.36. The number of aromatic nitrogens is 1. The van der Waals surface area contributed by atoms with E-state index in [4.69, 9.17) is 10.1 Å². The zero-order valence-electron chi connectivity index (χ0n) is 13.4. The van der Waals surface area contributed by atoms with Gasteiger partial charge in [0.15, 0.2) is 0 Å². The Morgan fingerprint density at radius 1 is 1.54 bits per heavy atom. The number of carbonyl (C=O) groups excluding carboxylic acids is 1. The van der Waals surface area contributed by atoms with Gasteiger partial charge < -0.3 is 20.0 Å². The van der Waals surface area contributed by atoms with Gasteiger partial charge in [0.2, 0.25) is 0 Å². The van der Waals surface area contributed by atoms with Gasteiger partial charge in [-0.3, -0.25) is 0 Å². The van der Waals surface area contributed by atoms with Crippen molar-refractivity contribution in [2.24, 2.45) is 0 Å². The molecule has 0 radical (unpaired) electrons. The maximum absolute atomic E-state index is 11.7. The SMILES string of the molecule is CCOC(=O)/C(C=N)=C/Nc1ccc2c(c1)c(C#N)cn2C1CC1. The highest BCUT2D eigenvalue weighted by atomic mass is 16.5. The van der Waals surface area contributed by atoms with Crippen molar-refractivity contribution >= 4 is 28.8 Å². The summed E-state index contributed by atoms with van der Waals surface area (Å²) in [5, 5.41) is 20.5. The van der Waals surface area contributed by atoms with Crippen LogP contribution in [0.1, 0.15) is 31.4 Å². The molecule has 2 N–H and O–H groups in total. The second-order valence-electron chi connectivity index (χ2n) is 5.63. The van der Waals surface area contributed by atoms with Gasteiger partial charge in [-0.25, -0.2) is 4.79 Å². The fourth-order valence-electron chi connectivity index (χ4n) is 2.62. The molecule has 122 valence electrons. The van der Waals surface area contributed by atoms with Gasteiger partial charge in [-0.05, 0) is 38.0 Å². The highest BCUT2D eigenvalue weighted by molar-refractivity contribution is 6.08. The smallest absolute Gasteiger partial charge is 0.341 e. The van der Waals surface area contributed by atoms with E-state index in [0.29, 0.717) is 11.6 Å². The summed E-state index contributed by atoms with van der Waals surface area (Å²) in [5.41, 5.74) is 2.56. The minimum absolute atomic E-state index is 0.132. The molecule has 1 fully saturated rings. The van der Waals surface area contributed by atoms with E-state index >= 15 is 0 Å². The molecule has 0 aliphatic heterocycles. The molecule has 0 bridgehead atoms. The summed E-state index contributed by atoms with van der Waals surface area (Å²) in [6.45, 7) is 1.98. The minimum atomic E-state index is -0.543. The zero-order valence-corrected chi connectivity index (χ0v) is 13.4. The van der Waals surface area contributed by atoms with Crippen molar-refractivity contribution in [1.29, 1.82) is 10.7 Å². The van der Waals surface area contributed by atoms with Crippen molar-refractivity contribution in [3.8, 4) is 6.07 Å². The van der Waals surface area contributed by atoms with Gasteiger partial charge in [-0.15, -0.1) is 0 Å². The molecule has 0 spiro atoms. The van der Waals surface area contributed by atoms with E-state index in [9.17, 15) is 10.1 Å². The quantitative estimate of drug-likeness (QED) is 0.485. The Morgan fingerprint density at radius 2 is 2.33 bits per heavy atom. The number of hydrogen-bond acceptors (Lipinski definition) is 5. The van der Waals surface area contributed by atoms with E-state index in [1.54, 1.807) is 6.92 Å². The highest BCUT2D eigenvalue weighted by Gasteiger charge is 2.25. The maximum atomic E-state index is 11.7. The topological polar surface area (TPSA) is 90.9 Å². The fraction of sp³-hybridized carbons (Fsp3) is 0.278. The Labute approximate surface area is 139 Å². The lowest BCUT2D eigenvalue weighted by atomic mass is 10.1. The van der Waals surface area contributed by atoms with Crippen LogP contribution >= 0.6 is 0 Å². The Bertz CT molecular complexity index is 869. The number of nitrogens with zero attached hydrogens (tertiary/aromatic N) is 2. The maximum Gasteiger partial charge on any atom is 0.341 e. The van der Waals surface area contributed by atoms with Crippen molar-refractivity contribution < 1.29 is 9.53 Å². The van der Waals surface area contributed by atoms with E-state index in [2.05, 4.69) is 16.0 Å². The summed E-state index contributed by atoms with van der Waals surface area (Å²) in [5.74, 6) is -0.543. The highest BCUT2D eigenvalue weighted by Crippen LogP contribution is 2.39. The van der Waals surface area contributed by atoms with Crippen LogP contribution in [0.2, 0.25) is 0 Å². The van der Waals surface area contributed by atoms with Crippen LogP contribution in [0.5, 0.6) is 0 Å². The van der Waals surface area contributed by atoms with E-state index in [1.807, 2.05) is 24.4 Å². The third-order valence-electron chi connectivity index (χ3n) is 3.95. The molecule has 0 atom stereocenters. The number of esters is 1. The molecule has 1 aliphatic rings. The van der Waals surface area contributed by atoms with Crippen LogP contribution in [0.3, 0.4) is 0 Å². The van der Waals surface area contributed by atoms with Crippen LogP contribution in [0.25, 0.3) is 10.9 Å². The number of rotatable bonds is 6. The summed E-state index contributed by atoms with van der Waals surface area (Å²) in [6, 6.07) is 8.49. The van der Waals surface area contributed by atoms with Gasteiger partial charge in [0.05, 0.1) is 17.7 Å². The van der Waals surface area contributed by atoms with Crippen molar-refractivity contribution in [2.45, 2.75) is 25.8 Å². The molecule has 0 unspecified atom stereocenters. The van der Waals surface area contributed by atoms with Crippen LogP contribution in [0.15, 0.2) is 36.2 Å². The first-order valence-corrected chi connectivity index (χ1v) is 7.87. The number of benzene rings is 1. The average molecular weight is 322 g/mol. The normalized spacial score (nSPS) is 14.2. The largest absolute Gasteiger partial charge is 0.462 e. The molecule has 1 aliphatic carbocycles. The zero-order chi connectivity index (χ0) is 17.1. The summed E-state index contributed by atoms with van der Waals surface area (Å²) < 4.78 is 7.04. The average Bonchev–Trinajstić information content (AvgIpc) is 3.37. The second kappa shape index (κ2) is 6.59. The number of carbonyl (C=O) groups is 1. The van der Waals surface area contributed by atoms with Crippen molar-refractivity contribution in [2.75, 3.05) is 11.9 Å². The monoisotopic (exact) mass is 322 g/mol. The van der Waals surface area contributed by atoms with Crippen LogP contribution in [-0.4, -0.2) is 23.4 Å². The molecule has 1 saturated carbocycles. The van der Waals surface area contributed by atoms with E-state index < -0.39 is 5.97 Å². The molecular weight excluding hydrogens is 304 g/mol. The number of anilines is 1. The number of nitriles is 1. The first kappa shape index (κ1) is 15.8. The lowest BCUT2D eigenvalue weighted by Gasteiger charge is -2.06. The number of hydrogen-bond donors (Lipinski definition) is 2. The second-order valence-corrected chi connectivity index (χ2v) is 5.63. The molecule has 0 saturated heterocycles. The molecule has 6 heteroatoms.